The number of carbonyl (C=O) groups is 1. The second kappa shape index (κ2) is 7.08. The summed E-state index contributed by atoms with van der Waals surface area (Å²) in [6.07, 6.45) is 4.53. The third kappa shape index (κ3) is 4.24. The Morgan fingerprint density at radius 3 is 2.85 bits per heavy atom. The highest BCUT2D eigenvalue weighted by Gasteiger charge is 2.14. The Labute approximate surface area is 116 Å². The minimum atomic E-state index is -0.776. The first-order valence-corrected chi connectivity index (χ1v) is 6.10. The first-order valence-electron chi connectivity index (χ1n) is 6.10. The zero-order valence-electron chi connectivity index (χ0n) is 10.7. The van der Waals surface area contributed by atoms with Crippen molar-refractivity contribution in [3.8, 4) is 0 Å². The maximum Gasteiger partial charge on any atom is 0.408 e. The lowest BCUT2D eigenvalue weighted by Crippen LogP contribution is -2.37. The molecule has 0 aliphatic rings. The van der Waals surface area contributed by atoms with Crippen molar-refractivity contribution in [3.05, 3.63) is 54.1 Å². The quantitative estimate of drug-likeness (QED) is 0.831. The molecule has 0 fully saturated rings. The molecule has 2 N–H and O–H groups in total. The molecule has 1 atom stereocenters. The Kier molecular flexibility index (Phi) is 4.88. The first-order chi connectivity index (χ1) is 9.78. The molecule has 1 amide bonds. The number of aromatic nitrogens is 2. The highest BCUT2D eigenvalue weighted by molar-refractivity contribution is 5.73. The van der Waals surface area contributed by atoms with Crippen LogP contribution >= 0.6 is 0 Å². The highest BCUT2D eigenvalue weighted by atomic mass is 16.5. The van der Waals surface area contributed by atoms with Crippen molar-refractivity contribution in [2.24, 2.45) is 0 Å². The monoisotopic (exact) mass is 272 g/mol. The number of alkyl carbamates (subject to hydrolysis) is 1. The van der Waals surface area contributed by atoms with E-state index in [0.717, 1.165) is 5.56 Å². The lowest BCUT2D eigenvalue weighted by molar-refractivity contribution is 0.138. The van der Waals surface area contributed by atoms with Crippen LogP contribution in [0.25, 0.3) is 0 Å². The fraction of sp³-hybridized carbons (Fsp3) is 0.214. The lowest BCUT2D eigenvalue weighted by Gasteiger charge is -2.11. The van der Waals surface area contributed by atoms with Crippen molar-refractivity contribution in [1.29, 1.82) is 0 Å². The van der Waals surface area contributed by atoms with E-state index in [1.54, 1.807) is 12.5 Å². The topological polar surface area (TPSA) is 84.1 Å². The molecule has 2 aromatic rings. The third-order valence-electron chi connectivity index (χ3n) is 2.62. The summed E-state index contributed by atoms with van der Waals surface area (Å²) in [7, 11) is 0. The molecule has 1 radical (unpaired) electrons. The summed E-state index contributed by atoms with van der Waals surface area (Å²) in [4.78, 5) is 29.1. The molecule has 0 saturated heterocycles. The summed E-state index contributed by atoms with van der Waals surface area (Å²) >= 11 is 0. The van der Waals surface area contributed by atoms with Crippen LogP contribution in [-0.4, -0.2) is 28.4 Å². The van der Waals surface area contributed by atoms with E-state index < -0.39 is 12.1 Å². The van der Waals surface area contributed by atoms with Crippen molar-refractivity contribution in [1.82, 2.24) is 15.3 Å². The Balaban J connectivity index is 1.79. The number of carbonyl (C=O) groups excluding carboxylic acids is 2. The molecule has 0 spiro atoms. The predicted octanol–water partition coefficient (Wildman–Crippen LogP) is 1.36. The average molecular weight is 272 g/mol. The maximum absolute atomic E-state index is 11.6. The molecule has 6 heteroatoms. The number of benzene rings is 1. The van der Waals surface area contributed by atoms with Crippen molar-refractivity contribution in [2.45, 2.75) is 19.1 Å². The Hall–Kier alpha value is -2.63. The molecule has 1 aromatic carbocycles. The van der Waals surface area contributed by atoms with E-state index >= 15 is 0 Å². The maximum atomic E-state index is 11.6. The number of hydrogen-bond acceptors (Lipinski definition) is 4. The van der Waals surface area contributed by atoms with Crippen LogP contribution in [0.4, 0.5) is 4.79 Å². The van der Waals surface area contributed by atoms with E-state index in [0.29, 0.717) is 5.69 Å². The van der Waals surface area contributed by atoms with Gasteiger partial charge in [-0.25, -0.2) is 9.78 Å². The predicted molar refractivity (Wildman–Crippen MR) is 71.5 cm³/mol. The van der Waals surface area contributed by atoms with Gasteiger partial charge in [-0.3, -0.25) is 4.79 Å². The van der Waals surface area contributed by atoms with Gasteiger partial charge in [0.15, 0.2) is 0 Å². The van der Waals surface area contributed by atoms with Crippen molar-refractivity contribution in [3.63, 3.8) is 0 Å². The molecule has 0 aliphatic heterocycles. The summed E-state index contributed by atoms with van der Waals surface area (Å²) < 4.78 is 5.02. The van der Waals surface area contributed by atoms with E-state index in [9.17, 15) is 9.59 Å². The summed E-state index contributed by atoms with van der Waals surface area (Å²) in [5, 5.41) is 2.44. The molecule has 0 aliphatic carbocycles. The standard InChI is InChI=1S/C14H14N3O3/c18-8-13(6-12-7-15-10-16-12)17-14(19)20-9-11-4-2-1-3-5-11/h1-5,7,10,13H,6,9H2,(H,15,16)(H,17,19)/t13-/m0/s1. The number of nitrogens with one attached hydrogen (secondary N) is 2. The highest BCUT2D eigenvalue weighted by Crippen LogP contribution is 2.01. The molecule has 0 unspecified atom stereocenters. The largest absolute Gasteiger partial charge is 0.445 e. The number of nitrogens with zero attached hydrogens (tertiary/aromatic N) is 1. The summed E-state index contributed by atoms with van der Waals surface area (Å²) in [6, 6.07) is 8.51. The van der Waals surface area contributed by atoms with Crippen LogP contribution in [0, 0.1) is 0 Å². The van der Waals surface area contributed by atoms with E-state index in [1.165, 1.54) is 6.33 Å². The van der Waals surface area contributed by atoms with E-state index in [2.05, 4.69) is 15.3 Å². The van der Waals surface area contributed by atoms with Crippen LogP contribution < -0.4 is 5.32 Å². The molecule has 1 heterocycles. The van der Waals surface area contributed by atoms with Crippen LogP contribution in [0.1, 0.15) is 11.3 Å². The summed E-state index contributed by atoms with van der Waals surface area (Å²) in [5.41, 5.74) is 1.54. The van der Waals surface area contributed by atoms with Crippen molar-refractivity contribution in [2.75, 3.05) is 0 Å². The molecule has 103 valence electrons. The van der Waals surface area contributed by atoms with E-state index in [-0.39, 0.29) is 13.0 Å². The first kappa shape index (κ1) is 13.8. The van der Waals surface area contributed by atoms with Crippen LogP contribution in [0.5, 0.6) is 0 Å². The number of aromatic amines is 1. The van der Waals surface area contributed by atoms with Gasteiger partial charge in [0.2, 0.25) is 6.29 Å². The number of amides is 1. The van der Waals surface area contributed by atoms with Gasteiger partial charge in [0.25, 0.3) is 0 Å². The van der Waals surface area contributed by atoms with Gasteiger partial charge in [-0.15, -0.1) is 0 Å². The second-order valence-corrected chi connectivity index (χ2v) is 4.14. The van der Waals surface area contributed by atoms with E-state index in [4.69, 9.17) is 4.74 Å². The fourth-order valence-electron chi connectivity index (χ4n) is 1.64. The smallest absolute Gasteiger partial charge is 0.408 e. The number of hydrogen-bond donors (Lipinski definition) is 2. The van der Waals surface area contributed by atoms with Gasteiger partial charge in [-0.05, 0) is 5.56 Å². The average Bonchev–Trinajstić information content (AvgIpc) is 2.98. The van der Waals surface area contributed by atoms with Crippen LogP contribution in [-0.2, 0) is 22.6 Å². The SMILES string of the molecule is O=[C][C@H](Cc1c[nH]cn1)NC(=O)OCc1ccccc1. The Morgan fingerprint density at radius 1 is 1.40 bits per heavy atom. The third-order valence-corrected chi connectivity index (χ3v) is 2.62. The van der Waals surface area contributed by atoms with Gasteiger partial charge < -0.3 is 15.0 Å². The molecule has 6 nitrogen and oxygen atoms in total. The van der Waals surface area contributed by atoms with Gasteiger partial charge in [0, 0.05) is 12.6 Å². The zero-order chi connectivity index (χ0) is 14.2. The lowest BCUT2D eigenvalue weighted by atomic mass is 10.2. The minimum Gasteiger partial charge on any atom is -0.445 e. The van der Waals surface area contributed by atoms with Gasteiger partial charge >= 0.3 is 6.09 Å². The number of H-pyrrole nitrogens is 1. The Bertz CT molecular complexity index is 540. The zero-order valence-corrected chi connectivity index (χ0v) is 10.7. The second-order valence-electron chi connectivity index (χ2n) is 4.14. The minimum absolute atomic E-state index is 0.153. The molecule has 20 heavy (non-hydrogen) atoms. The fourth-order valence-corrected chi connectivity index (χ4v) is 1.64. The van der Waals surface area contributed by atoms with Gasteiger partial charge in [-0.2, -0.15) is 0 Å². The van der Waals surface area contributed by atoms with E-state index in [1.807, 2.05) is 30.3 Å². The Morgan fingerprint density at radius 2 is 2.20 bits per heavy atom. The van der Waals surface area contributed by atoms with Gasteiger partial charge in [0.05, 0.1) is 12.0 Å². The molecular weight excluding hydrogens is 258 g/mol. The summed E-state index contributed by atoms with van der Waals surface area (Å²) in [5.74, 6) is 0. The molecular formula is C14H14N3O3. The number of ether oxygens (including phenoxy) is 1. The van der Waals surface area contributed by atoms with Crippen molar-refractivity contribution >= 4 is 12.4 Å². The molecule has 1 aromatic heterocycles. The molecule has 0 saturated carbocycles. The van der Waals surface area contributed by atoms with Crippen LogP contribution in [0.15, 0.2) is 42.9 Å². The molecule has 2 rings (SSSR count). The summed E-state index contributed by atoms with van der Waals surface area (Å²) in [6.45, 7) is 0.153. The van der Waals surface area contributed by atoms with Gasteiger partial charge in [-0.1, -0.05) is 30.3 Å². The number of rotatable bonds is 6. The van der Waals surface area contributed by atoms with Gasteiger partial charge in [0.1, 0.15) is 12.6 Å². The molecule has 0 bridgehead atoms. The number of imidazole rings is 1. The van der Waals surface area contributed by atoms with Crippen LogP contribution in [0.3, 0.4) is 0 Å². The normalized spacial score (nSPS) is 11.6. The van der Waals surface area contributed by atoms with Crippen molar-refractivity contribution < 1.29 is 14.3 Å². The van der Waals surface area contributed by atoms with Crippen LogP contribution in [0.2, 0.25) is 0 Å².